The molecule has 1 amide bonds. The van der Waals surface area contributed by atoms with Crippen molar-refractivity contribution < 1.29 is 4.79 Å². The molecule has 0 aromatic heterocycles. The molecule has 6 heteroatoms. The number of amides is 1. The van der Waals surface area contributed by atoms with Crippen LogP contribution in [0.2, 0.25) is 5.02 Å². The molecule has 86 valence electrons. The molecule has 0 fully saturated rings. The molecule has 0 bridgehead atoms. The van der Waals surface area contributed by atoms with Crippen LogP contribution in [0.4, 0.5) is 5.69 Å². The third-order valence-electron chi connectivity index (χ3n) is 1.63. The number of hydrogen-bond acceptors (Lipinski definition) is 3. The van der Waals surface area contributed by atoms with Crippen molar-refractivity contribution in [2.75, 3.05) is 16.8 Å². The number of nitrogens with two attached hydrogens (primary N) is 1. The van der Waals surface area contributed by atoms with Crippen molar-refractivity contribution in [2.24, 2.45) is 5.73 Å². The van der Waals surface area contributed by atoms with E-state index in [1.165, 1.54) is 11.8 Å². The molecule has 0 heterocycles. The van der Waals surface area contributed by atoms with Gasteiger partial charge in [-0.25, -0.2) is 0 Å². The molecule has 0 aliphatic heterocycles. The van der Waals surface area contributed by atoms with Crippen LogP contribution in [0.1, 0.15) is 0 Å². The number of thioether (sulfide) groups is 1. The maximum atomic E-state index is 11.5. The van der Waals surface area contributed by atoms with Crippen molar-refractivity contribution >= 4 is 52.2 Å². The van der Waals surface area contributed by atoms with E-state index in [9.17, 15) is 4.79 Å². The summed E-state index contributed by atoms with van der Waals surface area (Å²) in [6.07, 6.45) is 0. The van der Waals surface area contributed by atoms with E-state index < -0.39 is 0 Å². The Hall–Kier alpha value is -0.780. The minimum absolute atomic E-state index is 0.116. The van der Waals surface area contributed by atoms with Gasteiger partial charge < -0.3 is 11.1 Å². The van der Waals surface area contributed by atoms with E-state index >= 15 is 0 Å². The number of thiocarbonyl (C=S) groups is 1. The molecule has 0 aliphatic rings. The third kappa shape index (κ3) is 4.83. The smallest absolute Gasteiger partial charge is 0.234 e. The van der Waals surface area contributed by atoms with Crippen LogP contribution >= 0.6 is 35.6 Å². The van der Waals surface area contributed by atoms with Gasteiger partial charge in [-0.3, -0.25) is 4.79 Å². The fourth-order valence-corrected chi connectivity index (χ4v) is 1.99. The Morgan fingerprint density at radius 1 is 1.44 bits per heavy atom. The lowest BCUT2D eigenvalue weighted by atomic mass is 10.3. The second-order valence-corrected chi connectivity index (χ2v) is 4.90. The molecule has 0 aliphatic carbocycles. The highest BCUT2D eigenvalue weighted by atomic mass is 35.5. The van der Waals surface area contributed by atoms with Crippen LogP contribution < -0.4 is 11.1 Å². The average Bonchev–Trinajstić information content (AvgIpc) is 2.21. The Kier molecular flexibility index (Phi) is 5.59. The number of rotatable bonds is 5. The fraction of sp³-hybridized carbons (Fsp3) is 0.200. The number of nitrogens with one attached hydrogen (secondary N) is 1. The first-order valence-electron chi connectivity index (χ1n) is 4.50. The summed E-state index contributed by atoms with van der Waals surface area (Å²) in [7, 11) is 0. The predicted molar refractivity (Wildman–Crippen MR) is 74.2 cm³/mol. The Morgan fingerprint density at radius 3 is 2.75 bits per heavy atom. The summed E-state index contributed by atoms with van der Waals surface area (Å²) in [6.45, 7) is 0. The summed E-state index contributed by atoms with van der Waals surface area (Å²) in [4.78, 5) is 11.9. The lowest BCUT2D eigenvalue weighted by molar-refractivity contribution is -0.113. The van der Waals surface area contributed by atoms with E-state index in [1.807, 2.05) is 6.07 Å². The molecule has 0 saturated carbocycles. The van der Waals surface area contributed by atoms with Crippen LogP contribution in [0.3, 0.4) is 0 Å². The molecule has 0 radical (unpaired) electrons. The molecule has 0 saturated heterocycles. The van der Waals surface area contributed by atoms with Crippen molar-refractivity contribution in [3.05, 3.63) is 29.3 Å². The number of carbonyl (C=O) groups is 1. The van der Waals surface area contributed by atoms with Crippen molar-refractivity contribution in [2.45, 2.75) is 0 Å². The predicted octanol–water partition coefficient (Wildman–Crippen LogP) is 2.30. The zero-order valence-electron chi connectivity index (χ0n) is 8.40. The zero-order chi connectivity index (χ0) is 12.0. The number of para-hydroxylation sites is 1. The van der Waals surface area contributed by atoms with Crippen molar-refractivity contribution in [1.82, 2.24) is 0 Å². The fourth-order valence-electron chi connectivity index (χ4n) is 0.993. The molecule has 1 rings (SSSR count). The molecule has 3 N–H and O–H groups in total. The lowest BCUT2D eigenvalue weighted by Gasteiger charge is -2.06. The van der Waals surface area contributed by atoms with Gasteiger partial charge in [-0.15, -0.1) is 11.8 Å². The van der Waals surface area contributed by atoms with E-state index in [0.717, 1.165) is 0 Å². The largest absolute Gasteiger partial charge is 0.393 e. The van der Waals surface area contributed by atoms with E-state index in [1.54, 1.807) is 18.2 Å². The summed E-state index contributed by atoms with van der Waals surface area (Å²) >= 11 is 12.0. The van der Waals surface area contributed by atoms with Crippen LogP contribution in [0.25, 0.3) is 0 Å². The maximum Gasteiger partial charge on any atom is 0.234 e. The maximum absolute atomic E-state index is 11.5. The van der Waals surface area contributed by atoms with Gasteiger partial charge in [0.2, 0.25) is 5.91 Å². The lowest BCUT2D eigenvalue weighted by Crippen LogP contribution is -2.17. The molecule has 16 heavy (non-hydrogen) atoms. The van der Waals surface area contributed by atoms with Crippen molar-refractivity contribution in [3.8, 4) is 0 Å². The standard InChI is InChI=1S/C10H11ClN2OS2/c11-7-3-1-2-4-8(7)13-10(14)6-16-5-9(12)15/h1-4H,5-6H2,(H2,12,15)(H,13,14). The molecule has 0 atom stereocenters. The normalized spacial score (nSPS) is 9.81. The van der Waals surface area contributed by atoms with E-state index in [-0.39, 0.29) is 5.91 Å². The van der Waals surface area contributed by atoms with Crippen LogP contribution in [0.15, 0.2) is 24.3 Å². The number of hydrogen-bond donors (Lipinski definition) is 2. The number of benzene rings is 1. The van der Waals surface area contributed by atoms with Crippen molar-refractivity contribution in [3.63, 3.8) is 0 Å². The Morgan fingerprint density at radius 2 is 2.12 bits per heavy atom. The highest BCUT2D eigenvalue weighted by Gasteiger charge is 2.05. The zero-order valence-corrected chi connectivity index (χ0v) is 10.8. The molecular weight excluding hydrogens is 264 g/mol. The van der Waals surface area contributed by atoms with Gasteiger partial charge in [-0.1, -0.05) is 36.0 Å². The second kappa shape index (κ2) is 6.73. The first-order chi connectivity index (χ1) is 7.59. The number of carbonyl (C=O) groups excluding carboxylic acids is 1. The minimum atomic E-state index is -0.116. The van der Waals surface area contributed by atoms with Gasteiger partial charge in [0, 0.05) is 5.75 Å². The molecule has 1 aromatic carbocycles. The average molecular weight is 275 g/mol. The van der Waals surface area contributed by atoms with Gasteiger partial charge in [0.05, 0.1) is 21.5 Å². The van der Waals surface area contributed by atoms with E-state index in [0.29, 0.717) is 27.2 Å². The molecular formula is C10H11ClN2OS2. The van der Waals surface area contributed by atoms with Gasteiger partial charge in [-0.2, -0.15) is 0 Å². The molecule has 0 unspecified atom stereocenters. The highest BCUT2D eigenvalue weighted by molar-refractivity contribution is 8.01. The Balaban J connectivity index is 2.40. The Bertz CT molecular complexity index is 398. The van der Waals surface area contributed by atoms with Crippen LogP contribution in [0, 0.1) is 0 Å². The van der Waals surface area contributed by atoms with E-state index in [2.05, 4.69) is 5.32 Å². The molecule has 0 spiro atoms. The topological polar surface area (TPSA) is 55.1 Å². The van der Waals surface area contributed by atoms with Gasteiger partial charge in [0.15, 0.2) is 0 Å². The molecule has 3 nitrogen and oxygen atoms in total. The summed E-state index contributed by atoms with van der Waals surface area (Å²) in [5, 5.41) is 3.23. The minimum Gasteiger partial charge on any atom is -0.393 e. The van der Waals surface area contributed by atoms with Crippen LogP contribution in [-0.2, 0) is 4.79 Å². The van der Waals surface area contributed by atoms with Gasteiger partial charge in [0.25, 0.3) is 0 Å². The van der Waals surface area contributed by atoms with E-state index in [4.69, 9.17) is 29.6 Å². The van der Waals surface area contributed by atoms with Crippen LogP contribution in [-0.4, -0.2) is 22.4 Å². The highest BCUT2D eigenvalue weighted by Crippen LogP contribution is 2.20. The Labute approximate surface area is 109 Å². The summed E-state index contributed by atoms with van der Waals surface area (Å²) < 4.78 is 0. The SMILES string of the molecule is NC(=S)CSCC(=O)Nc1ccccc1Cl. The third-order valence-corrected chi connectivity index (χ3v) is 3.26. The summed E-state index contributed by atoms with van der Waals surface area (Å²) in [5.41, 5.74) is 5.93. The quantitative estimate of drug-likeness (QED) is 0.809. The first kappa shape index (κ1) is 13.3. The number of halogens is 1. The van der Waals surface area contributed by atoms with Gasteiger partial charge >= 0.3 is 0 Å². The van der Waals surface area contributed by atoms with Crippen molar-refractivity contribution in [1.29, 1.82) is 0 Å². The van der Waals surface area contributed by atoms with Crippen LogP contribution in [0.5, 0.6) is 0 Å². The molecule has 1 aromatic rings. The summed E-state index contributed by atoms with van der Waals surface area (Å²) in [6, 6.07) is 7.08. The first-order valence-corrected chi connectivity index (χ1v) is 6.44. The van der Waals surface area contributed by atoms with Gasteiger partial charge in [-0.05, 0) is 12.1 Å². The second-order valence-electron chi connectivity index (χ2n) is 2.99. The van der Waals surface area contributed by atoms with Gasteiger partial charge in [0.1, 0.15) is 0 Å². The number of anilines is 1. The summed E-state index contributed by atoms with van der Waals surface area (Å²) in [5.74, 6) is 0.697. The monoisotopic (exact) mass is 274 g/mol.